The van der Waals surface area contributed by atoms with E-state index in [1.807, 2.05) is 36.4 Å². The number of anilines is 1. The fourth-order valence-corrected chi connectivity index (χ4v) is 3.32. The number of ether oxygens (including phenoxy) is 2. The van der Waals surface area contributed by atoms with Crippen molar-refractivity contribution in [3.63, 3.8) is 0 Å². The summed E-state index contributed by atoms with van der Waals surface area (Å²) in [7, 11) is 3.33. The molecule has 0 saturated carbocycles. The van der Waals surface area contributed by atoms with Gasteiger partial charge in [0, 0.05) is 37.4 Å². The second-order valence-electron chi connectivity index (χ2n) is 6.70. The molecule has 2 heterocycles. The lowest BCUT2D eigenvalue weighted by atomic mass is 10.2. The van der Waals surface area contributed by atoms with Gasteiger partial charge in [0.1, 0.15) is 11.5 Å². The topological polar surface area (TPSA) is 63.9 Å². The largest absolute Gasteiger partial charge is 0.497 e. The lowest BCUT2D eigenvalue weighted by Gasteiger charge is -2.35. The van der Waals surface area contributed by atoms with E-state index in [0.29, 0.717) is 18.3 Å². The van der Waals surface area contributed by atoms with Crippen molar-refractivity contribution in [1.29, 1.82) is 0 Å². The molecule has 1 fully saturated rings. The molecule has 1 aromatic heterocycles. The minimum absolute atomic E-state index is 0.606. The molecule has 0 bridgehead atoms. The highest BCUT2D eigenvalue weighted by atomic mass is 16.5. The van der Waals surface area contributed by atoms with Crippen LogP contribution in [-0.4, -0.2) is 55.4 Å². The molecule has 1 aliphatic heterocycles. The van der Waals surface area contributed by atoms with E-state index in [2.05, 4.69) is 32.1 Å². The molecule has 0 unspecified atom stereocenters. The van der Waals surface area contributed by atoms with Crippen LogP contribution in [0.1, 0.15) is 5.89 Å². The zero-order valence-electron chi connectivity index (χ0n) is 16.2. The minimum atomic E-state index is 0.606. The predicted octanol–water partition coefficient (Wildman–Crippen LogP) is 3.08. The molecule has 2 aromatic carbocycles. The second kappa shape index (κ2) is 8.31. The molecular weight excluding hydrogens is 356 g/mol. The Bertz CT molecular complexity index is 885. The minimum Gasteiger partial charge on any atom is -0.497 e. The summed E-state index contributed by atoms with van der Waals surface area (Å²) in [6, 6.07) is 15.9. The average molecular weight is 380 g/mol. The van der Waals surface area contributed by atoms with E-state index in [0.717, 1.165) is 43.2 Å². The Labute approximate surface area is 164 Å². The molecule has 7 heteroatoms. The molecule has 0 amide bonds. The summed E-state index contributed by atoms with van der Waals surface area (Å²) in [6.45, 7) is 4.50. The molecule has 0 N–H and O–H groups in total. The van der Waals surface area contributed by atoms with Gasteiger partial charge in [-0.15, -0.1) is 0 Å². The first kappa shape index (κ1) is 18.3. The molecule has 0 atom stereocenters. The van der Waals surface area contributed by atoms with Gasteiger partial charge in [-0.05, 0) is 48.5 Å². The third-order valence-electron chi connectivity index (χ3n) is 4.99. The molecule has 28 heavy (non-hydrogen) atoms. The Morgan fingerprint density at radius 3 is 2.07 bits per heavy atom. The van der Waals surface area contributed by atoms with E-state index in [1.165, 1.54) is 5.69 Å². The Hall–Kier alpha value is -3.06. The van der Waals surface area contributed by atoms with Crippen LogP contribution in [0.3, 0.4) is 0 Å². The van der Waals surface area contributed by atoms with Crippen LogP contribution in [0.2, 0.25) is 0 Å². The van der Waals surface area contributed by atoms with Crippen LogP contribution in [-0.2, 0) is 6.54 Å². The first-order chi connectivity index (χ1) is 13.7. The van der Waals surface area contributed by atoms with Gasteiger partial charge < -0.3 is 18.9 Å². The number of benzene rings is 2. The van der Waals surface area contributed by atoms with Gasteiger partial charge in [0.15, 0.2) is 0 Å². The molecule has 1 aliphatic rings. The average Bonchev–Trinajstić information content (AvgIpc) is 3.23. The van der Waals surface area contributed by atoms with Crippen molar-refractivity contribution in [2.45, 2.75) is 6.54 Å². The Balaban J connectivity index is 1.32. The van der Waals surface area contributed by atoms with Crippen LogP contribution in [0.25, 0.3) is 11.4 Å². The number of methoxy groups -OCH3 is 2. The van der Waals surface area contributed by atoms with Crippen molar-refractivity contribution < 1.29 is 14.0 Å². The number of rotatable bonds is 6. The predicted molar refractivity (Wildman–Crippen MR) is 107 cm³/mol. The normalized spacial score (nSPS) is 14.9. The van der Waals surface area contributed by atoms with E-state index < -0.39 is 0 Å². The summed E-state index contributed by atoms with van der Waals surface area (Å²) in [5, 5.41) is 4.11. The van der Waals surface area contributed by atoms with E-state index in [1.54, 1.807) is 14.2 Å². The van der Waals surface area contributed by atoms with Crippen LogP contribution >= 0.6 is 0 Å². The summed E-state index contributed by atoms with van der Waals surface area (Å²) in [6.07, 6.45) is 0. The van der Waals surface area contributed by atoms with Crippen LogP contribution in [0.4, 0.5) is 5.69 Å². The van der Waals surface area contributed by atoms with Gasteiger partial charge in [-0.25, -0.2) is 0 Å². The summed E-state index contributed by atoms with van der Waals surface area (Å²) in [5.74, 6) is 2.94. The van der Waals surface area contributed by atoms with Crippen LogP contribution in [0.5, 0.6) is 11.5 Å². The highest BCUT2D eigenvalue weighted by molar-refractivity contribution is 5.55. The molecule has 4 rings (SSSR count). The fraction of sp³-hybridized carbons (Fsp3) is 0.333. The lowest BCUT2D eigenvalue weighted by Crippen LogP contribution is -2.46. The van der Waals surface area contributed by atoms with Gasteiger partial charge in [0.25, 0.3) is 0 Å². The standard InChI is InChI=1S/C21H24N4O3/c1-26-18-7-3-16(4-8-18)21-22-20(28-23-21)15-24-11-13-25(14-12-24)17-5-9-19(27-2)10-6-17/h3-10H,11-15H2,1-2H3. The van der Waals surface area contributed by atoms with Crippen molar-refractivity contribution in [3.05, 3.63) is 54.4 Å². The fourth-order valence-electron chi connectivity index (χ4n) is 3.32. The quantitative estimate of drug-likeness (QED) is 0.651. The van der Waals surface area contributed by atoms with Crippen molar-refractivity contribution in [2.24, 2.45) is 0 Å². The van der Waals surface area contributed by atoms with Gasteiger partial charge in [0.2, 0.25) is 11.7 Å². The molecule has 7 nitrogen and oxygen atoms in total. The first-order valence-electron chi connectivity index (χ1n) is 9.33. The number of aromatic nitrogens is 2. The van der Waals surface area contributed by atoms with Crippen molar-refractivity contribution in [1.82, 2.24) is 15.0 Å². The Kier molecular flexibility index (Phi) is 5.43. The van der Waals surface area contributed by atoms with Crippen LogP contribution in [0.15, 0.2) is 53.1 Å². The van der Waals surface area contributed by atoms with E-state index in [-0.39, 0.29) is 0 Å². The van der Waals surface area contributed by atoms with Gasteiger partial charge in [0.05, 0.1) is 20.8 Å². The number of nitrogens with zero attached hydrogens (tertiary/aromatic N) is 4. The van der Waals surface area contributed by atoms with E-state index >= 15 is 0 Å². The maximum atomic E-state index is 5.45. The van der Waals surface area contributed by atoms with Crippen LogP contribution < -0.4 is 14.4 Å². The lowest BCUT2D eigenvalue weighted by molar-refractivity contribution is 0.215. The van der Waals surface area contributed by atoms with Gasteiger partial charge >= 0.3 is 0 Å². The zero-order valence-corrected chi connectivity index (χ0v) is 16.2. The number of piperazine rings is 1. The summed E-state index contributed by atoms with van der Waals surface area (Å²) in [4.78, 5) is 9.26. The summed E-state index contributed by atoms with van der Waals surface area (Å²) in [5.41, 5.74) is 2.14. The second-order valence-corrected chi connectivity index (χ2v) is 6.70. The molecule has 1 saturated heterocycles. The number of hydrogen-bond acceptors (Lipinski definition) is 7. The maximum Gasteiger partial charge on any atom is 0.241 e. The Morgan fingerprint density at radius 1 is 0.857 bits per heavy atom. The van der Waals surface area contributed by atoms with E-state index in [4.69, 9.17) is 14.0 Å². The third kappa shape index (κ3) is 4.09. The van der Waals surface area contributed by atoms with Gasteiger partial charge in [-0.3, -0.25) is 4.90 Å². The highest BCUT2D eigenvalue weighted by Gasteiger charge is 2.20. The zero-order chi connectivity index (χ0) is 19.3. The smallest absolute Gasteiger partial charge is 0.241 e. The number of hydrogen-bond donors (Lipinski definition) is 0. The molecule has 3 aromatic rings. The third-order valence-corrected chi connectivity index (χ3v) is 4.99. The Morgan fingerprint density at radius 2 is 1.46 bits per heavy atom. The highest BCUT2D eigenvalue weighted by Crippen LogP contribution is 2.22. The van der Waals surface area contributed by atoms with Crippen molar-refractivity contribution >= 4 is 5.69 Å². The molecule has 0 radical (unpaired) electrons. The summed E-state index contributed by atoms with van der Waals surface area (Å²) >= 11 is 0. The van der Waals surface area contributed by atoms with Crippen molar-refractivity contribution in [2.75, 3.05) is 45.3 Å². The SMILES string of the molecule is COc1ccc(-c2noc(CN3CCN(c4ccc(OC)cc4)CC3)n2)cc1. The van der Waals surface area contributed by atoms with Crippen LogP contribution in [0, 0.1) is 0 Å². The van der Waals surface area contributed by atoms with Gasteiger partial charge in [-0.2, -0.15) is 4.98 Å². The summed E-state index contributed by atoms with van der Waals surface area (Å²) < 4.78 is 15.9. The first-order valence-corrected chi connectivity index (χ1v) is 9.33. The monoisotopic (exact) mass is 380 g/mol. The molecule has 0 spiro atoms. The molecule has 146 valence electrons. The van der Waals surface area contributed by atoms with Gasteiger partial charge in [-0.1, -0.05) is 5.16 Å². The maximum absolute atomic E-state index is 5.45. The molecule has 0 aliphatic carbocycles. The van der Waals surface area contributed by atoms with E-state index in [9.17, 15) is 0 Å². The van der Waals surface area contributed by atoms with Crippen molar-refractivity contribution in [3.8, 4) is 22.9 Å². The molecular formula is C21H24N4O3.